The SMILES string of the molecule is C1CCNC1.CCO.Nc1cc(CN2CCCC2)ccc1Cl.O=Cc1ccc(Cl)c([N+](=O)[O-])c1.O=[N+]([O-])c1cc(CN2CCCC2)ccc1Cl.[CH2-]I.[Cl][Sn][Cl].[V]. The first-order valence-electron chi connectivity index (χ1n) is 17.3. The summed E-state index contributed by atoms with van der Waals surface area (Å²) in [6.45, 7) is 10.8. The number of aldehydes is 1. The summed E-state index contributed by atoms with van der Waals surface area (Å²) < 4.78 is 0. The Hall–Kier alpha value is -0.667. The number of hydrogen-bond acceptors (Lipinski definition) is 10. The fourth-order valence-corrected chi connectivity index (χ4v) is 5.74. The quantitative estimate of drug-likeness (QED) is 0.0394. The number of carbonyl (C=O) groups is 1. The zero-order valence-electron chi connectivity index (χ0n) is 31.2. The van der Waals surface area contributed by atoms with E-state index >= 15 is 0 Å². The van der Waals surface area contributed by atoms with E-state index in [9.17, 15) is 25.0 Å². The second-order valence-corrected chi connectivity index (χ2v) is 17.3. The predicted molar refractivity (Wildman–Crippen MR) is 238 cm³/mol. The number of benzene rings is 3. The fourth-order valence-electron chi connectivity index (χ4n) is 5.25. The van der Waals surface area contributed by atoms with Gasteiger partial charge in [0, 0.05) is 55.9 Å². The molecule has 6 rings (SSSR count). The molecule has 20 heteroatoms. The molecule has 3 saturated heterocycles. The topological polar surface area (TPSA) is 168 Å². The number of nitrogens with zero attached hydrogens (tertiary/aromatic N) is 4. The summed E-state index contributed by atoms with van der Waals surface area (Å²) in [6.07, 6.45) is 8.39. The molecule has 3 heterocycles. The average Bonchev–Trinajstić information content (AvgIpc) is 4.00. The number of rotatable bonds is 7. The van der Waals surface area contributed by atoms with Gasteiger partial charge < -0.3 is 38.7 Å². The molecule has 0 amide bonds. The summed E-state index contributed by atoms with van der Waals surface area (Å²) >= 11 is 18.2. The van der Waals surface area contributed by atoms with Gasteiger partial charge in [-0.05, 0) is 126 Å². The van der Waals surface area contributed by atoms with Gasteiger partial charge >= 0.3 is 36.7 Å². The van der Waals surface area contributed by atoms with Crippen molar-refractivity contribution in [3.05, 3.63) is 112 Å². The third-order valence-corrected chi connectivity index (χ3v) is 8.72. The summed E-state index contributed by atoms with van der Waals surface area (Å²) in [5.41, 5.74) is 8.63. The van der Waals surface area contributed by atoms with Gasteiger partial charge in [-0.25, -0.2) is 0 Å². The van der Waals surface area contributed by atoms with Crippen molar-refractivity contribution in [3.63, 3.8) is 0 Å². The van der Waals surface area contributed by atoms with E-state index in [0.717, 1.165) is 37.8 Å². The minimum Gasteiger partial charge on any atom is 0 e. The minimum absolute atomic E-state index is 0. The summed E-state index contributed by atoms with van der Waals surface area (Å²) in [7, 11) is 9.87. The molecule has 0 saturated carbocycles. The number of nitrogens with one attached hydrogen (secondary N) is 1. The van der Waals surface area contributed by atoms with E-state index in [4.69, 9.17) is 63.5 Å². The van der Waals surface area contributed by atoms with E-state index in [1.54, 1.807) is 19.1 Å². The van der Waals surface area contributed by atoms with Crippen molar-refractivity contribution in [3.8, 4) is 0 Å². The molecule has 3 aromatic carbocycles. The number of halogens is 6. The monoisotopic (exact) mass is 1130 g/mol. The predicted octanol–water partition coefficient (Wildman–Crippen LogP) is 10.00. The number of hydrogen-bond donors (Lipinski definition) is 3. The summed E-state index contributed by atoms with van der Waals surface area (Å²) in [6, 6.07) is 14.8. The van der Waals surface area contributed by atoms with Crippen LogP contribution in [0.2, 0.25) is 15.1 Å². The standard InChI is InChI=1S/C11H13ClN2O2.C11H15ClN2.C7H4ClNO3.C4H9N.C2H6O.CH2I.2ClH.Sn.V/c12-10-4-3-9(7-11(10)14(15)16)8-13-5-1-2-6-13;12-10-4-3-9(7-11(10)13)8-14-5-1-2-6-14;8-6-2-1-5(4-10)3-7(6)9(11)12;1-2-4-5-3-1;1-2-3;1-2;;;;/h3-4,7H,1-2,5-6,8H2;3-4,7H,1-2,5-6,8,13H2;1-4H;5H,1-4H2;3H,2H2,1H3;1H2;2*1H;;/q;;;;;-1;;;+2;/p-2. The average molecular weight is 1140 g/mol. The summed E-state index contributed by atoms with van der Waals surface area (Å²) in [5, 5.41) is 32.7. The van der Waals surface area contributed by atoms with Crippen LogP contribution in [-0.2, 0) is 31.6 Å². The molecule has 4 N–H and O–H groups in total. The van der Waals surface area contributed by atoms with Crippen molar-refractivity contribution in [1.29, 1.82) is 0 Å². The van der Waals surface area contributed by atoms with Crippen molar-refractivity contribution < 1.29 is 38.3 Å². The molecule has 3 aliphatic rings. The van der Waals surface area contributed by atoms with E-state index in [-0.39, 0.29) is 52.1 Å². The normalized spacial score (nSPS) is 14.0. The maximum Gasteiger partial charge on any atom is 0 e. The van der Waals surface area contributed by atoms with E-state index in [1.807, 2.05) is 40.8 Å². The second-order valence-electron chi connectivity index (χ2n) is 11.8. The third kappa shape index (κ3) is 25.7. The first kappa shape index (κ1) is 57.4. The van der Waals surface area contributed by atoms with Crippen LogP contribution < -0.4 is 11.1 Å². The van der Waals surface area contributed by atoms with E-state index < -0.39 is 28.7 Å². The zero-order chi connectivity index (χ0) is 41.6. The van der Waals surface area contributed by atoms with Crippen molar-refractivity contribution in [2.75, 3.05) is 51.6 Å². The van der Waals surface area contributed by atoms with Crippen LogP contribution >= 0.6 is 75.2 Å². The molecule has 0 aliphatic carbocycles. The van der Waals surface area contributed by atoms with Crippen LogP contribution in [0.3, 0.4) is 0 Å². The molecule has 0 atom stereocenters. The number of carbonyl (C=O) groups excluding carboxylic acids is 1. The number of nitro benzene ring substituents is 2. The molecular weight excluding hydrogens is 1090 g/mol. The number of aliphatic hydroxyl groups excluding tert-OH is 1. The van der Waals surface area contributed by atoms with Gasteiger partial charge in [-0.3, -0.25) is 39.8 Å². The third-order valence-electron chi connectivity index (χ3n) is 7.74. The molecule has 0 spiro atoms. The number of likely N-dealkylation sites (tertiary alicyclic amines) is 2. The second kappa shape index (κ2) is 36.2. The van der Waals surface area contributed by atoms with Crippen LogP contribution in [0.25, 0.3) is 0 Å². The van der Waals surface area contributed by atoms with Gasteiger partial charge in [0.05, 0.1) is 20.6 Å². The van der Waals surface area contributed by atoms with Gasteiger partial charge in [0.15, 0.2) is 0 Å². The van der Waals surface area contributed by atoms with Crippen LogP contribution in [0.15, 0.2) is 54.6 Å². The number of nitrogens with two attached hydrogens (primary N) is 1. The van der Waals surface area contributed by atoms with Crippen molar-refractivity contribution in [2.45, 2.75) is 58.5 Å². The van der Waals surface area contributed by atoms with Crippen LogP contribution in [0.1, 0.15) is 66.9 Å². The Bertz CT molecular complexity index is 1540. The Kier molecular flexibility index (Phi) is 37.1. The first-order valence-corrected chi connectivity index (χ1v) is 27.1. The van der Waals surface area contributed by atoms with Crippen LogP contribution in [0, 0.1) is 25.2 Å². The van der Waals surface area contributed by atoms with Gasteiger partial charge in [0.25, 0.3) is 11.4 Å². The molecule has 0 unspecified atom stereocenters. The largest absolute Gasteiger partial charge is 0 e. The smallest absolute Gasteiger partial charge is 0 e. The Morgan fingerprint density at radius 2 is 1.16 bits per heavy atom. The van der Waals surface area contributed by atoms with Crippen molar-refractivity contribution >= 4 is 117 Å². The summed E-state index contributed by atoms with van der Waals surface area (Å²) in [5.74, 6) is 0. The van der Waals surface area contributed by atoms with Gasteiger partial charge in [-0.1, -0.05) is 46.9 Å². The van der Waals surface area contributed by atoms with Crippen molar-refractivity contribution in [2.24, 2.45) is 0 Å². The number of anilines is 1. The molecule has 3 fully saturated rings. The molecular formula is C36H49Cl5IN6O6SnV-. The van der Waals surface area contributed by atoms with Crippen LogP contribution in [0.4, 0.5) is 17.1 Å². The zero-order valence-corrected chi connectivity index (χ0v) is 41.3. The van der Waals surface area contributed by atoms with Gasteiger partial charge in [-0.15, -0.1) is 0 Å². The first-order chi connectivity index (χ1) is 26.4. The fraction of sp³-hybridized carbons (Fsp3) is 0.444. The Labute approximate surface area is 388 Å². The van der Waals surface area contributed by atoms with E-state index in [2.05, 4.69) is 26.1 Å². The Morgan fingerprint density at radius 3 is 1.52 bits per heavy atom. The molecule has 56 heavy (non-hydrogen) atoms. The van der Waals surface area contributed by atoms with Gasteiger partial charge in [-0.2, -0.15) is 0 Å². The Balaban J connectivity index is 0. The Morgan fingerprint density at radius 1 is 0.786 bits per heavy atom. The van der Waals surface area contributed by atoms with Crippen LogP contribution in [-0.4, -0.2) is 95.8 Å². The molecule has 3 aromatic rings. The molecule has 12 nitrogen and oxygen atoms in total. The molecule has 0 bridgehead atoms. The number of aliphatic hydroxyl groups is 1. The summed E-state index contributed by atoms with van der Waals surface area (Å²) in [4.78, 5) is 38.1. The van der Waals surface area contributed by atoms with Gasteiger partial charge in [0.2, 0.25) is 0 Å². The maximum atomic E-state index is 10.7. The molecule has 311 valence electrons. The van der Waals surface area contributed by atoms with E-state index in [1.165, 1.54) is 82.4 Å². The van der Waals surface area contributed by atoms with E-state index in [0.29, 0.717) is 17.0 Å². The number of nitrogen functional groups attached to an aromatic ring is 1. The number of nitro groups is 2. The molecule has 3 aliphatic heterocycles. The van der Waals surface area contributed by atoms with Gasteiger partial charge in [0.1, 0.15) is 16.3 Å². The minimum atomic E-state index is -0.826. The van der Waals surface area contributed by atoms with Crippen molar-refractivity contribution in [1.82, 2.24) is 15.1 Å². The van der Waals surface area contributed by atoms with Crippen LogP contribution in [0.5, 0.6) is 0 Å². The molecule has 0 aromatic heterocycles. The molecule has 3 radical (unpaired) electrons. The maximum absolute atomic E-state index is 10.7.